The van der Waals surface area contributed by atoms with Crippen molar-refractivity contribution in [3.05, 3.63) is 29.3 Å². The molecule has 1 amide bonds. The van der Waals surface area contributed by atoms with Gasteiger partial charge in [0.1, 0.15) is 6.04 Å². The van der Waals surface area contributed by atoms with Crippen LogP contribution in [0.3, 0.4) is 0 Å². The lowest BCUT2D eigenvalue weighted by Gasteiger charge is -2.14. The van der Waals surface area contributed by atoms with Crippen molar-refractivity contribution in [3.63, 3.8) is 0 Å². The maximum absolute atomic E-state index is 11.9. The summed E-state index contributed by atoms with van der Waals surface area (Å²) < 4.78 is 0. The Morgan fingerprint density at radius 1 is 1.44 bits per heavy atom. The number of nitrogen functional groups attached to an aromatic ring is 1. The van der Waals surface area contributed by atoms with Crippen molar-refractivity contribution in [2.24, 2.45) is 0 Å². The number of nitrogens with two attached hydrogens (primary N) is 1. The number of aliphatic hydroxyl groups excluding tert-OH is 1. The number of aliphatic hydroxyl groups is 1. The number of carboxylic acid groups (broad SMARTS) is 1. The Labute approximate surface area is 104 Å². The number of carbonyl (C=O) groups is 2. The average molecular weight is 252 g/mol. The average Bonchev–Trinajstić information content (AvgIpc) is 2.31. The Balaban J connectivity index is 2.86. The van der Waals surface area contributed by atoms with Crippen molar-refractivity contribution in [3.8, 4) is 0 Å². The molecule has 0 fully saturated rings. The lowest BCUT2D eigenvalue weighted by molar-refractivity contribution is -0.139. The van der Waals surface area contributed by atoms with Crippen molar-refractivity contribution >= 4 is 17.6 Å². The molecule has 1 aromatic carbocycles. The lowest BCUT2D eigenvalue weighted by Crippen LogP contribution is -2.41. The number of hydrogen-bond acceptors (Lipinski definition) is 4. The largest absolute Gasteiger partial charge is 0.480 e. The van der Waals surface area contributed by atoms with Crippen LogP contribution >= 0.6 is 0 Å². The number of rotatable bonds is 5. The van der Waals surface area contributed by atoms with E-state index >= 15 is 0 Å². The normalized spacial score (nSPS) is 11.9. The minimum absolute atomic E-state index is 0.0488. The van der Waals surface area contributed by atoms with E-state index in [0.29, 0.717) is 0 Å². The number of anilines is 1. The van der Waals surface area contributed by atoms with Gasteiger partial charge >= 0.3 is 5.97 Å². The quantitative estimate of drug-likeness (QED) is 0.557. The van der Waals surface area contributed by atoms with Gasteiger partial charge in [-0.05, 0) is 19.1 Å². The summed E-state index contributed by atoms with van der Waals surface area (Å²) in [5.74, 6) is -1.75. The fourth-order valence-corrected chi connectivity index (χ4v) is 1.49. The van der Waals surface area contributed by atoms with E-state index in [0.717, 1.165) is 5.56 Å². The van der Waals surface area contributed by atoms with Crippen LogP contribution in [0.5, 0.6) is 0 Å². The van der Waals surface area contributed by atoms with Crippen molar-refractivity contribution in [2.75, 3.05) is 12.3 Å². The van der Waals surface area contributed by atoms with Crippen molar-refractivity contribution in [1.29, 1.82) is 0 Å². The molecule has 98 valence electrons. The molecular formula is C12H16N2O4. The van der Waals surface area contributed by atoms with Gasteiger partial charge in [0, 0.05) is 18.7 Å². The summed E-state index contributed by atoms with van der Waals surface area (Å²) in [6.07, 6.45) is -0.0488. The van der Waals surface area contributed by atoms with Crippen LogP contribution in [0.25, 0.3) is 0 Å². The zero-order chi connectivity index (χ0) is 13.7. The molecule has 1 unspecified atom stereocenters. The molecule has 18 heavy (non-hydrogen) atoms. The highest BCUT2D eigenvalue weighted by Crippen LogP contribution is 2.13. The first-order valence-electron chi connectivity index (χ1n) is 5.46. The van der Waals surface area contributed by atoms with E-state index in [-0.39, 0.29) is 24.3 Å². The number of carbonyl (C=O) groups excluding carboxylic acids is 1. The van der Waals surface area contributed by atoms with E-state index in [1.165, 1.54) is 0 Å². The van der Waals surface area contributed by atoms with Crippen LogP contribution in [0.15, 0.2) is 18.2 Å². The first kappa shape index (κ1) is 14.0. The minimum Gasteiger partial charge on any atom is -0.480 e. The highest BCUT2D eigenvalue weighted by molar-refractivity contribution is 6.01. The van der Waals surface area contributed by atoms with Gasteiger partial charge in [-0.2, -0.15) is 0 Å². The second kappa shape index (κ2) is 6.02. The Morgan fingerprint density at radius 2 is 2.11 bits per heavy atom. The third-order valence-corrected chi connectivity index (χ3v) is 2.47. The summed E-state index contributed by atoms with van der Waals surface area (Å²) in [5, 5.41) is 19.9. The smallest absolute Gasteiger partial charge is 0.326 e. The molecule has 0 aliphatic rings. The van der Waals surface area contributed by atoms with E-state index in [4.69, 9.17) is 15.9 Å². The van der Waals surface area contributed by atoms with Crippen LogP contribution in [0.2, 0.25) is 0 Å². The molecule has 1 rings (SSSR count). The molecule has 0 bridgehead atoms. The number of amides is 1. The maximum atomic E-state index is 11.9. The molecule has 0 radical (unpaired) electrons. The minimum atomic E-state index is -1.19. The van der Waals surface area contributed by atoms with Gasteiger partial charge in [-0.25, -0.2) is 4.79 Å². The van der Waals surface area contributed by atoms with Gasteiger partial charge in [0.2, 0.25) is 0 Å². The summed E-state index contributed by atoms with van der Waals surface area (Å²) in [6, 6.07) is 3.81. The maximum Gasteiger partial charge on any atom is 0.326 e. The Bertz CT molecular complexity index is 459. The van der Waals surface area contributed by atoms with Crippen LogP contribution in [0.1, 0.15) is 22.3 Å². The molecule has 0 aliphatic carbocycles. The highest BCUT2D eigenvalue weighted by Gasteiger charge is 2.21. The summed E-state index contributed by atoms with van der Waals surface area (Å²) in [4.78, 5) is 22.7. The van der Waals surface area contributed by atoms with Crippen molar-refractivity contribution < 1.29 is 19.8 Å². The van der Waals surface area contributed by atoms with Gasteiger partial charge in [-0.3, -0.25) is 4.79 Å². The molecule has 1 aromatic rings. The van der Waals surface area contributed by atoms with Gasteiger partial charge in [0.15, 0.2) is 0 Å². The second-order valence-electron chi connectivity index (χ2n) is 3.97. The lowest BCUT2D eigenvalue weighted by atomic mass is 10.1. The number of nitrogens with one attached hydrogen (secondary N) is 1. The van der Waals surface area contributed by atoms with Gasteiger partial charge in [-0.1, -0.05) is 11.6 Å². The SMILES string of the molecule is Cc1ccc(N)c(C(=O)NC(CCO)C(=O)O)c1. The predicted octanol–water partition coefficient (Wildman–Crippen LogP) is 0.143. The van der Waals surface area contributed by atoms with Crippen LogP contribution in [-0.4, -0.2) is 34.7 Å². The van der Waals surface area contributed by atoms with Crippen molar-refractivity contribution in [1.82, 2.24) is 5.32 Å². The summed E-state index contributed by atoms with van der Waals surface area (Å²) in [5.41, 5.74) is 7.03. The number of aryl methyl sites for hydroxylation is 1. The Kier molecular flexibility index (Phi) is 4.67. The first-order valence-corrected chi connectivity index (χ1v) is 5.46. The second-order valence-corrected chi connectivity index (χ2v) is 3.97. The monoisotopic (exact) mass is 252 g/mol. The molecule has 1 atom stereocenters. The summed E-state index contributed by atoms with van der Waals surface area (Å²) in [6.45, 7) is 1.49. The van der Waals surface area contributed by atoms with Gasteiger partial charge in [-0.15, -0.1) is 0 Å². The van der Waals surface area contributed by atoms with Crippen LogP contribution in [0.4, 0.5) is 5.69 Å². The number of hydrogen-bond donors (Lipinski definition) is 4. The Hall–Kier alpha value is -2.08. The van der Waals surface area contributed by atoms with E-state index in [1.54, 1.807) is 25.1 Å². The van der Waals surface area contributed by atoms with Crippen LogP contribution in [0, 0.1) is 6.92 Å². The standard InChI is InChI=1S/C12H16N2O4/c1-7-2-3-9(13)8(6-7)11(16)14-10(4-5-15)12(17)18/h2-3,6,10,15H,4-5,13H2,1H3,(H,14,16)(H,17,18). The molecule has 0 heterocycles. The van der Waals surface area contributed by atoms with Crippen molar-refractivity contribution in [2.45, 2.75) is 19.4 Å². The number of aliphatic carboxylic acids is 1. The van der Waals surface area contributed by atoms with Gasteiger partial charge in [0.25, 0.3) is 5.91 Å². The summed E-state index contributed by atoms with van der Waals surface area (Å²) >= 11 is 0. The Morgan fingerprint density at radius 3 is 2.67 bits per heavy atom. The zero-order valence-electron chi connectivity index (χ0n) is 10.0. The molecule has 6 heteroatoms. The molecule has 0 aliphatic heterocycles. The van der Waals surface area contributed by atoms with Gasteiger partial charge in [0.05, 0.1) is 5.56 Å². The fourth-order valence-electron chi connectivity index (χ4n) is 1.49. The highest BCUT2D eigenvalue weighted by atomic mass is 16.4. The zero-order valence-corrected chi connectivity index (χ0v) is 10.0. The fraction of sp³-hybridized carbons (Fsp3) is 0.333. The molecule has 5 N–H and O–H groups in total. The molecule has 0 saturated carbocycles. The summed E-state index contributed by atoms with van der Waals surface area (Å²) in [7, 11) is 0. The van der Waals surface area contributed by atoms with E-state index in [1.807, 2.05) is 0 Å². The molecular weight excluding hydrogens is 236 g/mol. The third-order valence-electron chi connectivity index (χ3n) is 2.47. The van der Waals surface area contributed by atoms with Crippen LogP contribution in [-0.2, 0) is 4.79 Å². The van der Waals surface area contributed by atoms with E-state index < -0.39 is 17.9 Å². The molecule has 6 nitrogen and oxygen atoms in total. The molecule has 0 spiro atoms. The van der Waals surface area contributed by atoms with Crippen LogP contribution < -0.4 is 11.1 Å². The molecule has 0 saturated heterocycles. The predicted molar refractivity (Wildman–Crippen MR) is 66.2 cm³/mol. The third kappa shape index (κ3) is 3.46. The van der Waals surface area contributed by atoms with E-state index in [2.05, 4.69) is 5.32 Å². The molecule has 0 aromatic heterocycles. The van der Waals surface area contributed by atoms with Gasteiger partial charge < -0.3 is 21.3 Å². The number of carboxylic acids is 1. The topological polar surface area (TPSA) is 113 Å². The first-order chi connectivity index (χ1) is 8.45. The number of benzene rings is 1. The van der Waals surface area contributed by atoms with E-state index in [9.17, 15) is 9.59 Å².